The maximum Gasteiger partial charge on any atom is 0.337 e. The van der Waals surface area contributed by atoms with Gasteiger partial charge in [-0.25, -0.2) is 4.79 Å². The molecule has 0 unspecified atom stereocenters. The van der Waals surface area contributed by atoms with Crippen LogP contribution in [0.3, 0.4) is 0 Å². The topological polar surface area (TPSA) is 116 Å². The van der Waals surface area contributed by atoms with Crippen molar-refractivity contribution < 1.29 is 22.9 Å². The van der Waals surface area contributed by atoms with Crippen LogP contribution in [0, 0.1) is 0 Å². The Morgan fingerprint density at radius 1 is 1.09 bits per heavy atom. The number of carboxylic acid groups (broad SMARTS) is 1. The minimum Gasteiger partial charge on any atom is -0.478 e. The highest BCUT2D eigenvalue weighted by molar-refractivity contribution is 7.86. The van der Waals surface area contributed by atoms with Crippen molar-refractivity contribution >= 4 is 28.0 Å². The minimum atomic E-state index is -4.36. The smallest absolute Gasteiger partial charge is 0.337 e. The maximum absolute atomic E-state index is 11.2. The summed E-state index contributed by atoms with van der Waals surface area (Å²) in [6.45, 7) is 0. The van der Waals surface area contributed by atoms with Crippen LogP contribution in [0.5, 0.6) is 0 Å². The number of nitrogens with zero attached hydrogens (tertiary/aromatic N) is 1. The van der Waals surface area contributed by atoms with Crippen LogP contribution in [0.15, 0.2) is 58.5 Å². The molecule has 0 saturated carbocycles. The summed E-state index contributed by atoms with van der Waals surface area (Å²) in [6.07, 6.45) is 1.18. The maximum atomic E-state index is 11.2. The molecule has 0 amide bonds. The van der Waals surface area contributed by atoms with Crippen LogP contribution in [-0.2, 0) is 10.1 Å². The molecule has 22 heavy (non-hydrogen) atoms. The zero-order chi connectivity index (χ0) is 16.2. The van der Waals surface area contributed by atoms with Crippen LogP contribution in [-0.4, -0.2) is 30.3 Å². The Labute approximate surface area is 126 Å². The lowest BCUT2D eigenvalue weighted by Gasteiger charge is -2.05. The number of aromatic carboxylic acids is 1. The summed E-state index contributed by atoms with van der Waals surface area (Å²) in [6, 6.07) is 11.9. The van der Waals surface area contributed by atoms with Crippen LogP contribution in [0.1, 0.15) is 15.9 Å². The lowest BCUT2D eigenvalue weighted by atomic mass is 10.2. The van der Waals surface area contributed by atoms with Crippen molar-refractivity contribution in [2.45, 2.75) is 4.90 Å². The van der Waals surface area contributed by atoms with E-state index in [0.29, 0.717) is 0 Å². The lowest BCUT2D eigenvalue weighted by molar-refractivity contribution is 0.0698. The molecule has 0 heterocycles. The molecule has 0 aliphatic heterocycles. The van der Waals surface area contributed by atoms with Crippen molar-refractivity contribution in [1.29, 1.82) is 0 Å². The van der Waals surface area contributed by atoms with Gasteiger partial charge in [-0.05, 0) is 18.2 Å². The van der Waals surface area contributed by atoms with Gasteiger partial charge in [0.1, 0.15) is 4.90 Å². The SMILES string of the molecule is O=C(O)c1ccccc1N/N=C/c1ccccc1S(=O)(=O)O. The van der Waals surface area contributed by atoms with Gasteiger partial charge in [0, 0.05) is 5.56 Å². The number of anilines is 1. The summed E-state index contributed by atoms with van der Waals surface area (Å²) in [5, 5.41) is 12.8. The van der Waals surface area contributed by atoms with Gasteiger partial charge in [-0.1, -0.05) is 30.3 Å². The van der Waals surface area contributed by atoms with E-state index < -0.39 is 16.1 Å². The number of hydrogen-bond donors (Lipinski definition) is 3. The Bertz CT molecular complexity index is 831. The summed E-state index contributed by atoms with van der Waals surface area (Å²) in [7, 11) is -4.36. The first-order valence-electron chi connectivity index (χ1n) is 6.07. The van der Waals surface area contributed by atoms with Gasteiger partial charge in [0.15, 0.2) is 0 Å². The first kappa shape index (κ1) is 15.7. The minimum absolute atomic E-state index is 0.0303. The quantitative estimate of drug-likeness (QED) is 0.441. The van der Waals surface area contributed by atoms with Gasteiger partial charge in [0.25, 0.3) is 10.1 Å². The molecule has 114 valence electrons. The number of hydrogen-bond acceptors (Lipinski definition) is 5. The molecular weight excluding hydrogens is 308 g/mol. The number of rotatable bonds is 5. The second kappa shape index (κ2) is 6.37. The number of carboxylic acids is 1. The van der Waals surface area contributed by atoms with E-state index in [2.05, 4.69) is 10.5 Å². The molecule has 0 bridgehead atoms. The third kappa shape index (κ3) is 3.68. The van der Waals surface area contributed by atoms with Crippen molar-refractivity contribution in [3.63, 3.8) is 0 Å². The molecule has 0 aliphatic carbocycles. The number of para-hydroxylation sites is 1. The zero-order valence-corrected chi connectivity index (χ0v) is 12.0. The van der Waals surface area contributed by atoms with Crippen LogP contribution < -0.4 is 5.43 Å². The molecule has 0 aliphatic rings. The fourth-order valence-electron chi connectivity index (χ4n) is 1.76. The van der Waals surface area contributed by atoms with Crippen LogP contribution in [0.4, 0.5) is 5.69 Å². The van der Waals surface area contributed by atoms with Gasteiger partial charge in [-0.15, -0.1) is 0 Å². The highest BCUT2D eigenvalue weighted by Gasteiger charge is 2.13. The first-order valence-corrected chi connectivity index (χ1v) is 7.51. The fraction of sp³-hybridized carbons (Fsp3) is 0. The predicted octanol–water partition coefficient (Wildman–Crippen LogP) is 2.08. The van der Waals surface area contributed by atoms with Crippen LogP contribution in [0.2, 0.25) is 0 Å². The Balaban J connectivity index is 2.27. The van der Waals surface area contributed by atoms with Crippen molar-refractivity contribution in [3.05, 3.63) is 59.7 Å². The Kier molecular flexibility index (Phi) is 4.54. The molecule has 3 N–H and O–H groups in total. The van der Waals surface area contributed by atoms with Crippen molar-refractivity contribution in [2.24, 2.45) is 5.10 Å². The average molecular weight is 320 g/mol. The number of nitrogens with one attached hydrogen (secondary N) is 1. The Morgan fingerprint density at radius 3 is 2.41 bits per heavy atom. The summed E-state index contributed by atoms with van der Waals surface area (Å²) in [5.41, 5.74) is 3.00. The Hall–Kier alpha value is -2.71. The second-order valence-corrected chi connectivity index (χ2v) is 5.62. The van der Waals surface area contributed by atoms with Gasteiger partial charge < -0.3 is 5.11 Å². The Morgan fingerprint density at radius 2 is 1.73 bits per heavy atom. The van der Waals surface area contributed by atoms with Gasteiger partial charge in [-0.3, -0.25) is 9.98 Å². The molecule has 2 aromatic carbocycles. The highest BCUT2D eigenvalue weighted by atomic mass is 32.2. The van der Waals surface area contributed by atoms with Crippen molar-refractivity contribution in [2.75, 3.05) is 5.43 Å². The molecule has 0 fully saturated rings. The van der Waals surface area contributed by atoms with E-state index in [1.807, 2.05) is 0 Å². The van der Waals surface area contributed by atoms with Gasteiger partial charge in [0.05, 0.1) is 17.5 Å². The second-order valence-electron chi connectivity index (χ2n) is 4.23. The van der Waals surface area contributed by atoms with Crippen LogP contribution in [0.25, 0.3) is 0 Å². The van der Waals surface area contributed by atoms with Gasteiger partial charge >= 0.3 is 5.97 Å². The fourth-order valence-corrected chi connectivity index (χ4v) is 2.43. The molecule has 0 spiro atoms. The molecule has 7 nitrogen and oxygen atoms in total. The number of carbonyl (C=O) groups is 1. The molecular formula is C14H12N2O5S. The van der Waals surface area contributed by atoms with Crippen LogP contribution >= 0.6 is 0 Å². The molecule has 0 saturated heterocycles. The molecule has 2 rings (SSSR count). The molecule has 2 aromatic rings. The molecule has 8 heteroatoms. The largest absolute Gasteiger partial charge is 0.478 e. The third-order valence-corrected chi connectivity index (χ3v) is 3.67. The van der Waals surface area contributed by atoms with Gasteiger partial charge in [0.2, 0.25) is 0 Å². The first-order chi connectivity index (χ1) is 10.4. The van der Waals surface area contributed by atoms with E-state index in [-0.39, 0.29) is 21.7 Å². The molecule has 0 aromatic heterocycles. The molecule has 0 atom stereocenters. The zero-order valence-electron chi connectivity index (χ0n) is 11.2. The van der Waals surface area contributed by atoms with Gasteiger partial charge in [-0.2, -0.15) is 13.5 Å². The van der Waals surface area contributed by atoms with E-state index in [0.717, 1.165) is 0 Å². The van der Waals surface area contributed by atoms with E-state index in [1.54, 1.807) is 18.2 Å². The van der Waals surface area contributed by atoms with Crippen molar-refractivity contribution in [1.82, 2.24) is 0 Å². The lowest BCUT2D eigenvalue weighted by Crippen LogP contribution is -2.04. The predicted molar refractivity (Wildman–Crippen MR) is 80.9 cm³/mol. The summed E-state index contributed by atoms with van der Waals surface area (Å²) in [5.74, 6) is -1.11. The number of benzene rings is 2. The van der Waals surface area contributed by atoms with E-state index in [9.17, 15) is 13.2 Å². The third-order valence-electron chi connectivity index (χ3n) is 2.74. The molecule has 0 radical (unpaired) electrons. The van der Waals surface area contributed by atoms with E-state index in [4.69, 9.17) is 9.66 Å². The normalized spacial score (nSPS) is 11.5. The summed E-state index contributed by atoms with van der Waals surface area (Å²) in [4.78, 5) is 10.8. The highest BCUT2D eigenvalue weighted by Crippen LogP contribution is 2.16. The van der Waals surface area contributed by atoms with E-state index >= 15 is 0 Å². The monoisotopic (exact) mass is 320 g/mol. The van der Waals surface area contributed by atoms with E-state index in [1.165, 1.54) is 36.5 Å². The standard InChI is InChI=1S/C14H12N2O5S/c17-14(18)11-6-2-3-7-12(11)16-15-9-10-5-1-4-8-13(10)22(19,20)21/h1-9,16H,(H,17,18)(H,19,20,21)/b15-9+. The average Bonchev–Trinajstić information content (AvgIpc) is 2.47. The van der Waals surface area contributed by atoms with Crippen molar-refractivity contribution in [3.8, 4) is 0 Å². The summed E-state index contributed by atoms with van der Waals surface area (Å²) < 4.78 is 31.6. The number of hydrazone groups is 1. The summed E-state index contributed by atoms with van der Waals surface area (Å²) >= 11 is 0.